The summed E-state index contributed by atoms with van der Waals surface area (Å²) in [7, 11) is 1.57. The van der Waals surface area contributed by atoms with Gasteiger partial charge in [0.2, 0.25) is 45.4 Å². The number of rotatable bonds is 22. The first-order chi connectivity index (χ1) is 68.4. The molecule has 33 nitrogen and oxygen atoms in total. The number of carbonyl (C=O) groups is 5. The fraction of sp³-hybridized carbons (Fsp3) is 0.144. The molecule has 1 aliphatic heterocycles. The third-order valence-corrected chi connectivity index (χ3v) is 25.8. The second-order valence-corrected chi connectivity index (χ2v) is 36.7. The number of phenols is 10. The quantitative estimate of drug-likeness (QED) is 0.00439. The Labute approximate surface area is 841 Å². The van der Waals surface area contributed by atoms with Gasteiger partial charge in [0.25, 0.3) is 11.5 Å². The van der Waals surface area contributed by atoms with Crippen LogP contribution in [0.2, 0.25) is 0 Å². The Hall–Kier alpha value is -16.6. The first-order valence-corrected chi connectivity index (χ1v) is 47.2. The Bertz CT molecular complexity index is 7980. The van der Waals surface area contributed by atoms with Gasteiger partial charge in [-0.05, 0) is 214 Å². The summed E-state index contributed by atoms with van der Waals surface area (Å²) < 4.78 is 55.8. The summed E-state index contributed by atoms with van der Waals surface area (Å²) in [4.78, 5) is 127. The molecule has 10 aromatic carbocycles. The molecular formula is C104H85BrF2N8O25S4. The number of nitrogens with zero attached hydrogens (tertiary/aromatic N) is 7. The van der Waals surface area contributed by atoms with Gasteiger partial charge in [-0.1, -0.05) is 131 Å². The predicted molar refractivity (Wildman–Crippen MR) is 543 cm³/mol. The average Bonchev–Trinajstić information content (AvgIpc) is 0.985. The number of carbonyl (C=O) groups excluding carboxylic acids is 5. The number of aryl methyl sites for hydroxylation is 7. The number of ketones is 3. The Morgan fingerprint density at radius 1 is 0.639 bits per heavy atom. The van der Waals surface area contributed by atoms with Crippen molar-refractivity contribution in [1.29, 1.82) is 5.26 Å². The summed E-state index contributed by atoms with van der Waals surface area (Å²) in [5.41, 5.74) is 7.14. The number of nitriles is 1. The number of nitrogens with one attached hydrogen (secondary N) is 1. The van der Waals surface area contributed by atoms with Gasteiger partial charge in [-0.25, -0.2) is 24.4 Å². The lowest BCUT2D eigenvalue weighted by atomic mass is 10.0. The topological polar surface area (TPSA) is 532 Å². The van der Waals surface area contributed by atoms with Gasteiger partial charge < -0.3 is 79.1 Å². The molecule has 17 rings (SSSR count). The Morgan fingerprint density at radius 3 is 1.77 bits per heavy atom. The van der Waals surface area contributed by atoms with Crippen molar-refractivity contribution in [2.24, 2.45) is 4.99 Å². The molecule has 1 amide bonds. The number of halogens is 3. The van der Waals surface area contributed by atoms with Crippen molar-refractivity contribution < 1.29 is 112 Å². The summed E-state index contributed by atoms with van der Waals surface area (Å²) >= 11 is 8.37. The van der Waals surface area contributed by atoms with E-state index in [0.29, 0.717) is 92.9 Å². The van der Waals surface area contributed by atoms with Crippen molar-refractivity contribution in [3.05, 3.63) is 357 Å². The number of para-hydroxylation sites is 2. The highest BCUT2D eigenvalue weighted by molar-refractivity contribution is 9.10. The highest BCUT2D eigenvalue weighted by Crippen LogP contribution is 2.44. The second-order valence-electron chi connectivity index (χ2n) is 31.7. The number of esters is 1. The fourth-order valence-electron chi connectivity index (χ4n) is 13.6. The lowest BCUT2D eigenvalue weighted by Gasteiger charge is -2.15. The van der Waals surface area contributed by atoms with Crippen LogP contribution in [0.25, 0.3) is 55.0 Å². The standard InChI is InChI=1S/C21H16N2O6.C18H18N2O3S.C17H12BrNO3S.C17H12F2O5.C17H16N2O3S2.C14H11NO5/c1-2-28-21(27)20-16(12-10-22-23(11-12)13-6-4-3-5-7-13)17(25)14-8-9-15(24)18(26)19(14)29-20;1-11-6-13(4-5-16(11)21)17(22)10-24-18-15(8-19)14(9-23-3)7-12(2)20-18;1-9-2-4-11(5-3-9)17-19-16(22)14(23-17)8-10-6-12(18)15(21)13(20)7-10;1-17(18,19)16-15(23-9-5-3-2-4-6-9)12(21)10-7-8-11(20)13(22)14(10)24-16;1-8-6-11(4-5-12(8)20)13(21)7-23-17-18-15(22)14-9(2)10(3)24-16(14)19-17;1-8-2-4-9(5-3-8)13(17)10-6-11(15(19)20)14(18)12(16)7-10/h3-11,24,26H,2H2,1H3;4-7,21H,9-10H2,1-3H3;2-8,20-21H,1H3;2-8,20,22H,1H3;4-6,20H,7H2,1-3H3,(H,18,19,22);2-7,16,18H,1H3/b;;14-8-;;;. The largest absolute Gasteiger partial charge is 0.508 e. The number of Topliss-reactive ketones (excluding diaryl/α,β-unsaturated/α-hetero) is 2. The maximum absolute atomic E-state index is 13.9. The molecule has 6 aromatic heterocycles. The van der Waals surface area contributed by atoms with E-state index in [1.807, 2.05) is 95.3 Å². The van der Waals surface area contributed by atoms with Gasteiger partial charge in [-0.2, -0.15) is 19.1 Å². The monoisotopic (exact) mass is 2090 g/mol. The number of aromatic amines is 1. The molecule has 736 valence electrons. The molecule has 144 heavy (non-hydrogen) atoms. The van der Waals surface area contributed by atoms with Crippen LogP contribution in [0.1, 0.15) is 127 Å². The molecule has 0 bridgehead atoms. The minimum absolute atomic E-state index is 0.0100. The van der Waals surface area contributed by atoms with E-state index in [9.17, 15) is 114 Å². The number of nitro groups is 1. The highest BCUT2D eigenvalue weighted by Gasteiger charge is 2.37. The number of amides is 1. The lowest BCUT2D eigenvalue weighted by Crippen LogP contribution is -2.16. The van der Waals surface area contributed by atoms with E-state index in [0.717, 1.165) is 68.3 Å². The number of aliphatic imine (C=N–C) groups is 1. The van der Waals surface area contributed by atoms with Crippen molar-refractivity contribution in [2.45, 2.75) is 85.0 Å². The van der Waals surface area contributed by atoms with Gasteiger partial charge in [0, 0.05) is 70.2 Å². The first-order valence-electron chi connectivity index (χ1n) is 42.8. The number of methoxy groups -OCH3 is 1. The zero-order chi connectivity index (χ0) is 105. The molecule has 0 aliphatic carbocycles. The summed E-state index contributed by atoms with van der Waals surface area (Å²) in [6, 6.07) is 54.8. The van der Waals surface area contributed by atoms with Crippen LogP contribution in [0.5, 0.6) is 69.0 Å². The van der Waals surface area contributed by atoms with Crippen LogP contribution in [0.4, 0.5) is 14.5 Å². The van der Waals surface area contributed by atoms with Crippen LogP contribution in [0, 0.1) is 69.9 Å². The van der Waals surface area contributed by atoms with E-state index >= 15 is 0 Å². The average molecular weight is 2090 g/mol. The molecular weight excluding hydrogens is 2010 g/mol. The number of H-pyrrole nitrogens is 1. The molecule has 0 radical (unpaired) electrons. The molecule has 11 N–H and O–H groups in total. The van der Waals surface area contributed by atoms with Crippen molar-refractivity contribution in [1.82, 2.24) is 24.7 Å². The second kappa shape index (κ2) is 46.7. The van der Waals surface area contributed by atoms with Crippen molar-refractivity contribution >= 4 is 141 Å². The van der Waals surface area contributed by atoms with Crippen LogP contribution >= 0.6 is 62.6 Å². The summed E-state index contributed by atoms with van der Waals surface area (Å²) in [6.07, 6.45) is 4.67. The SMILES string of the molecule is CC(F)(F)c1oc2c(O)c(O)ccc2c(=O)c1Oc1ccccc1.CCOC(=O)c1oc2c(O)c(O)ccc2c(=O)c1-c1cnn(-c2ccccc2)c1.COCc1cc(C)nc(SCC(=O)c2ccc(O)c(C)c2)c1C#N.Cc1cc(C(=O)CSc2nc3sc(C)c(C)c3c(=O)[nH]2)ccc1O.Cc1ccc(C(=O)c2cc(O)c(O)c([N+](=O)[O-])c2)cc1.Cc1ccc(C2=NC(=O)/C(=C/c3cc(O)c(O)c(Br)c3)S2)cc1. The molecule has 0 atom stereocenters. The van der Waals surface area contributed by atoms with Gasteiger partial charge in [0.05, 0.1) is 78.2 Å². The molecule has 40 heteroatoms. The molecule has 0 saturated heterocycles. The minimum Gasteiger partial charge on any atom is -0.508 e. The van der Waals surface area contributed by atoms with E-state index < -0.39 is 90.7 Å². The van der Waals surface area contributed by atoms with Gasteiger partial charge in [0.15, 0.2) is 62.4 Å². The van der Waals surface area contributed by atoms with Crippen molar-refractivity contribution in [3.63, 3.8) is 0 Å². The van der Waals surface area contributed by atoms with E-state index in [1.54, 1.807) is 118 Å². The van der Waals surface area contributed by atoms with Crippen molar-refractivity contribution in [3.8, 4) is 91.9 Å². The van der Waals surface area contributed by atoms with Crippen LogP contribution in [-0.4, -0.2) is 140 Å². The lowest BCUT2D eigenvalue weighted by molar-refractivity contribution is -0.386. The number of benzene rings is 10. The Balaban J connectivity index is 0.000000155. The zero-order valence-electron chi connectivity index (χ0n) is 77.6. The number of alkyl halides is 2. The molecule has 1 aliphatic rings. The maximum Gasteiger partial charge on any atom is 0.375 e. The maximum atomic E-state index is 13.9. The van der Waals surface area contributed by atoms with Crippen molar-refractivity contribution in [2.75, 3.05) is 25.2 Å². The number of pyridine rings is 1. The van der Waals surface area contributed by atoms with Crippen LogP contribution in [0.15, 0.2) is 260 Å². The number of aromatic hydroxyl groups is 10. The van der Waals surface area contributed by atoms with Crippen LogP contribution < -0.4 is 21.2 Å². The number of ether oxygens (including phenoxy) is 3. The highest BCUT2D eigenvalue weighted by atomic mass is 79.9. The third kappa shape index (κ3) is 25.4. The van der Waals surface area contributed by atoms with Gasteiger partial charge in [-0.15, -0.1) is 11.3 Å². The first kappa shape index (κ1) is 106. The van der Waals surface area contributed by atoms with Gasteiger partial charge in [0.1, 0.15) is 38.2 Å². The summed E-state index contributed by atoms with van der Waals surface area (Å²) in [5, 5.41) is 123. The molecule has 16 aromatic rings. The summed E-state index contributed by atoms with van der Waals surface area (Å²) in [6.45, 7) is 15.6. The van der Waals surface area contributed by atoms with Crippen LogP contribution in [-0.2, 0) is 26.8 Å². The molecule has 0 fully saturated rings. The number of fused-ring (bicyclic) bond motifs is 3. The smallest absolute Gasteiger partial charge is 0.375 e. The van der Waals surface area contributed by atoms with E-state index in [-0.39, 0.29) is 103 Å². The number of hydrogen-bond donors (Lipinski definition) is 11. The zero-order valence-corrected chi connectivity index (χ0v) is 82.5. The van der Waals surface area contributed by atoms with Crippen LogP contribution in [0.3, 0.4) is 0 Å². The Kier molecular flexibility index (Phi) is 34.4. The molecule has 0 saturated carbocycles. The van der Waals surface area contributed by atoms with Gasteiger partial charge in [-0.3, -0.25) is 43.7 Å². The van der Waals surface area contributed by atoms with E-state index in [4.69, 9.17) is 23.0 Å². The predicted octanol–water partition coefficient (Wildman–Crippen LogP) is 21.1. The molecule has 0 unspecified atom stereocenters. The normalized spacial score (nSPS) is 11.7. The number of nitro benzene ring substituents is 1. The Morgan fingerprint density at radius 2 is 1.20 bits per heavy atom. The third-order valence-electron chi connectivity index (χ3n) is 21.2. The number of thioether (sulfide) groups is 3. The van der Waals surface area contributed by atoms with E-state index in [1.165, 1.54) is 95.3 Å². The fourth-order valence-corrected chi connectivity index (χ4v) is 17.8. The minimum atomic E-state index is -3.55. The molecule has 0 spiro atoms. The summed E-state index contributed by atoms with van der Waals surface area (Å²) in [5.74, 6) is -11.1. The van der Waals surface area contributed by atoms with E-state index in [2.05, 4.69) is 47.0 Å². The number of thiophene rings is 1. The number of hydrogen-bond acceptors (Lipinski definition) is 33. The molecule has 7 heterocycles. The van der Waals surface area contributed by atoms with Gasteiger partial charge >= 0.3 is 17.6 Å². The number of phenolic OH excluding ortho intramolecular Hbond substituents is 10. The number of aromatic nitrogens is 5.